The van der Waals surface area contributed by atoms with Crippen LogP contribution in [0.25, 0.3) is 0 Å². The zero-order valence-electron chi connectivity index (χ0n) is 32.2. The van der Waals surface area contributed by atoms with E-state index >= 15 is 0 Å². The summed E-state index contributed by atoms with van der Waals surface area (Å²) in [5.74, 6) is -1.98. The fourth-order valence-corrected chi connectivity index (χ4v) is 5.83. The van der Waals surface area contributed by atoms with Gasteiger partial charge in [-0.15, -0.1) is 0 Å². The summed E-state index contributed by atoms with van der Waals surface area (Å²) >= 11 is 0. The van der Waals surface area contributed by atoms with Gasteiger partial charge in [0.15, 0.2) is 0 Å². The van der Waals surface area contributed by atoms with Crippen molar-refractivity contribution in [1.29, 1.82) is 0 Å². The van der Waals surface area contributed by atoms with Crippen LogP contribution in [0.4, 0.5) is 0 Å². The summed E-state index contributed by atoms with van der Waals surface area (Å²) in [5, 5.41) is 27.4. The normalized spacial score (nSPS) is 14.7. The van der Waals surface area contributed by atoms with Crippen molar-refractivity contribution in [3.8, 4) is 0 Å². The molecule has 1 heterocycles. The maximum atomic E-state index is 14.0. The standard InChI is InChI=1S/C39H61N7O6/c1-9-27(8)34(45-35(47)29-19-21-46(52)22-20-29)39(51)43-32(18-17-28-15-13-12-14-16-28)37(49)42-30(23-25(4)5)24-41-31(10-2)36(48)44-33(26(6)7)38(50)40-11-3/h12-16,19-22,25-27,30-34,41H,9-11,17-18,23-24H2,1-8H3,(H5-,40,42,43,44,45,47,48,49,50,51,52)/p+1/t27-,30-,31-,32-,33-,34-/m0/s1. The van der Waals surface area contributed by atoms with Crippen LogP contribution in [0.5, 0.6) is 0 Å². The zero-order valence-corrected chi connectivity index (χ0v) is 32.2. The lowest BCUT2D eigenvalue weighted by molar-refractivity contribution is -0.904. The van der Waals surface area contributed by atoms with Crippen LogP contribution in [-0.4, -0.2) is 78.0 Å². The molecule has 0 aliphatic rings. The molecule has 0 spiro atoms. The Morgan fingerprint density at radius 2 is 1.35 bits per heavy atom. The molecule has 288 valence electrons. The smallest absolute Gasteiger partial charge is 0.252 e. The number of likely N-dealkylation sites (N-methyl/N-ethyl adjacent to an activating group) is 1. The predicted molar refractivity (Wildman–Crippen MR) is 200 cm³/mol. The van der Waals surface area contributed by atoms with Gasteiger partial charge in [-0.1, -0.05) is 85.2 Å². The van der Waals surface area contributed by atoms with Crippen LogP contribution in [-0.2, 0) is 25.6 Å². The first-order valence-corrected chi connectivity index (χ1v) is 18.7. The molecular formula is C39H62N7O6+. The minimum absolute atomic E-state index is 0.107. The van der Waals surface area contributed by atoms with Crippen LogP contribution in [0, 0.1) is 17.8 Å². The average molecular weight is 725 g/mol. The molecule has 2 rings (SSSR count). The van der Waals surface area contributed by atoms with Crippen molar-refractivity contribution in [2.45, 2.75) is 118 Å². The summed E-state index contributed by atoms with van der Waals surface area (Å²) in [7, 11) is 0. The van der Waals surface area contributed by atoms with Gasteiger partial charge in [-0.25, -0.2) is 0 Å². The summed E-state index contributed by atoms with van der Waals surface area (Å²) in [6, 6.07) is 9.10. The van der Waals surface area contributed by atoms with Crippen molar-refractivity contribution in [3.63, 3.8) is 0 Å². The predicted octanol–water partition coefficient (Wildman–Crippen LogP) is 2.65. The van der Waals surface area contributed by atoms with Gasteiger partial charge in [0.1, 0.15) is 18.1 Å². The molecule has 13 nitrogen and oxygen atoms in total. The van der Waals surface area contributed by atoms with Crippen molar-refractivity contribution < 1.29 is 33.9 Å². The Hall–Kier alpha value is -4.52. The second-order valence-electron chi connectivity index (χ2n) is 14.2. The Labute approximate surface area is 309 Å². The molecule has 1 aromatic heterocycles. The van der Waals surface area contributed by atoms with Gasteiger partial charge in [0.05, 0.1) is 11.6 Å². The van der Waals surface area contributed by atoms with E-state index in [9.17, 15) is 29.2 Å². The van der Waals surface area contributed by atoms with E-state index in [2.05, 4.69) is 31.9 Å². The number of carbonyl (C=O) groups excluding carboxylic acids is 5. The fourth-order valence-electron chi connectivity index (χ4n) is 5.83. The number of benzene rings is 1. The lowest BCUT2D eigenvalue weighted by Gasteiger charge is -2.29. The van der Waals surface area contributed by atoms with Gasteiger partial charge in [-0.3, -0.25) is 29.2 Å². The van der Waals surface area contributed by atoms with Crippen molar-refractivity contribution in [3.05, 3.63) is 66.0 Å². The molecule has 0 bridgehead atoms. The van der Waals surface area contributed by atoms with E-state index in [1.807, 2.05) is 85.7 Å². The second-order valence-corrected chi connectivity index (χ2v) is 14.2. The molecule has 7 N–H and O–H groups in total. The molecule has 0 saturated carbocycles. The minimum Gasteiger partial charge on any atom is -0.355 e. The van der Waals surface area contributed by atoms with Gasteiger partial charge >= 0.3 is 0 Å². The monoisotopic (exact) mass is 724 g/mol. The maximum Gasteiger partial charge on any atom is 0.252 e. The van der Waals surface area contributed by atoms with E-state index in [1.165, 1.54) is 24.5 Å². The van der Waals surface area contributed by atoms with E-state index in [-0.39, 0.29) is 47.1 Å². The van der Waals surface area contributed by atoms with E-state index in [0.29, 0.717) is 45.2 Å². The van der Waals surface area contributed by atoms with E-state index < -0.39 is 36.0 Å². The van der Waals surface area contributed by atoms with Gasteiger partial charge in [0, 0.05) is 36.0 Å². The molecule has 0 fully saturated rings. The number of aromatic nitrogens is 1. The minimum atomic E-state index is -0.919. The van der Waals surface area contributed by atoms with E-state index in [4.69, 9.17) is 0 Å². The average Bonchev–Trinajstić information content (AvgIpc) is 3.11. The highest BCUT2D eigenvalue weighted by atomic mass is 16.5. The molecule has 13 heteroatoms. The summed E-state index contributed by atoms with van der Waals surface area (Å²) in [6.45, 7) is 16.1. The molecule has 0 aliphatic heterocycles. The number of aryl methyl sites for hydroxylation is 1. The first kappa shape index (κ1) is 43.6. The van der Waals surface area contributed by atoms with Crippen LogP contribution in [0.1, 0.15) is 97.0 Å². The molecular weight excluding hydrogens is 662 g/mol. The third-order valence-corrected chi connectivity index (χ3v) is 9.09. The van der Waals surface area contributed by atoms with Crippen LogP contribution >= 0.6 is 0 Å². The van der Waals surface area contributed by atoms with Crippen LogP contribution in [0.3, 0.4) is 0 Å². The Morgan fingerprint density at radius 3 is 1.90 bits per heavy atom. The second kappa shape index (κ2) is 22.4. The zero-order chi connectivity index (χ0) is 38.8. The summed E-state index contributed by atoms with van der Waals surface area (Å²) in [4.78, 5) is 66.9. The molecule has 1 aromatic carbocycles. The first-order valence-electron chi connectivity index (χ1n) is 18.7. The fraction of sp³-hybridized carbons (Fsp3) is 0.590. The van der Waals surface area contributed by atoms with Crippen LogP contribution in [0.15, 0.2) is 54.9 Å². The Morgan fingerprint density at radius 1 is 0.712 bits per heavy atom. The Kier molecular flexibility index (Phi) is 18.8. The highest BCUT2D eigenvalue weighted by Crippen LogP contribution is 2.13. The topological polar surface area (TPSA) is 182 Å². The highest BCUT2D eigenvalue weighted by Gasteiger charge is 2.32. The number of nitrogens with one attached hydrogen (secondary N) is 6. The molecule has 2 aromatic rings. The highest BCUT2D eigenvalue weighted by molar-refractivity contribution is 5.98. The van der Waals surface area contributed by atoms with Gasteiger partial charge in [0.25, 0.3) is 5.91 Å². The number of hydrogen-bond acceptors (Lipinski definition) is 7. The summed E-state index contributed by atoms with van der Waals surface area (Å²) in [5.41, 5.74) is 1.29. The quantitative estimate of drug-likeness (QED) is 0.0720. The SMILES string of the molecule is CCNC(=O)[C@@H](NC(=O)[C@H](CC)NC[C@H](CC(C)C)NC(=O)[C@H](CCc1ccccc1)NC(=O)[C@@H](NC(=O)c1cc[n+](O)cc1)[C@@H](C)CC)C(C)C. The molecule has 5 amide bonds. The molecule has 0 unspecified atom stereocenters. The molecule has 52 heavy (non-hydrogen) atoms. The Balaban J connectivity index is 2.26. The van der Waals surface area contributed by atoms with Crippen molar-refractivity contribution >= 4 is 29.5 Å². The summed E-state index contributed by atoms with van der Waals surface area (Å²) in [6.07, 6.45) is 5.16. The van der Waals surface area contributed by atoms with Crippen LogP contribution in [0.2, 0.25) is 0 Å². The van der Waals surface area contributed by atoms with Gasteiger partial charge in [0.2, 0.25) is 36.0 Å². The van der Waals surface area contributed by atoms with Gasteiger partial charge in [-0.05, 0) is 55.9 Å². The van der Waals surface area contributed by atoms with Gasteiger partial charge in [-0.2, -0.15) is 0 Å². The molecule has 0 radical (unpaired) electrons. The number of hydrogen-bond donors (Lipinski definition) is 7. The lowest BCUT2D eigenvalue weighted by Crippen LogP contribution is -2.58. The molecule has 0 saturated heterocycles. The summed E-state index contributed by atoms with van der Waals surface area (Å²) < 4.78 is 0.821. The van der Waals surface area contributed by atoms with Crippen molar-refractivity contribution in [2.24, 2.45) is 17.8 Å². The maximum absolute atomic E-state index is 14.0. The van der Waals surface area contributed by atoms with Gasteiger partial charge < -0.3 is 31.9 Å². The van der Waals surface area contributed by atoms with Crippen molar-refractivity contribution in [1.82, 2.24) is 31.9 Å². The number of carbonyl (C=O) groups is 5. The number of rotatable bonds is 22. The first-order chi connectivity index (χ1) is 24.7. The molecule has 6 atom stereocenters. The van der Waals surface area contributed by atoms with Crippen LogP contribution < -0.4 is 36.6 Å². The third kappa shape index (κ3) is 14.6. The third-order valence-electron chi connectivity index (χ3n) is 9.09. The lowest BCUT2D eigenvalue weighted by atomic mass is 9.96. The van der Waals surface area contributed by atoms with E-state index in [1.54, 1.807) is 0 Å². The molecule has 0 aliphatic carbocycles. The largest absolute Gasteiger partial charge is 0.355 e. The number of amides is 5. The van der Waals surface area contributed by atoms with E-state index in [0.717, 1.165) is 10.3 Å². The number of pyridine rings is 1. The number of nitrogens with zero attached hydrogens (tertiary/aromatic N) is 1. The van der Waals surface area contributed by atoms with Crippen molar-refractivity contribution in [2.75, 3.05) is 13.1 Å². The Bertz CT molecular complexity index is 1420.